The molecule has 0 saturated carbocycles. The van der Waals surface area contributed by atoms with E-state index in [1.54, 1.807) is 0 Å². The molecule has 0 aliphatic rings. The van der Waals surface area contributed by atoms with Crippen LogP contribution in [0, 0.1) is 10.1 Å². The van der Waals surface area contributed by atoms with E-state index in [-0.39, 0.29) is 16.3 Å². The molecule has 2 aromatic rings. The number of halogens is 2. The number of nitrogens with one attached hydrogen (secondary N) is 1. The number of hydrogen-bond acceptors (Lipinski definition) is 6. The van der Waals surface area contributed by atoms with Crippen molar-refractivity contribution >= 4 is 52.1 Å². The third-order valence-corrected chi connectivity index (χ3v) is 3.85. The number of carbonyl (C=O) groups excluding carboxylic acids is 2. The maximum atomic E-state index is 12.1. The topological polar surface area (TPSA) is 125 Å². The van der Waals surface area contributed by atoms with E-state index < -0.39 is 28.6 Å². The minimum Gasteiger partial charge on any atom is -0.449 e. The van der Waals surface area contributed by atoms with Gasteiger partial charge in [-0.1, -0.05) is 23.2 Å². The Morgan fingerprint density at radius 3 is 2.54 bits per heavy atom. The molecule has 10 heteroatoms. The molecule has 3 N–H and O–H groups in total. The smallest absolute Gasteiger partial charge is 0.339 e. The second kappa shape index (κ2) is 8.03. The van der Waals surface area contributed by atoms with Crippen molar-refractivity contribution in [1.29, 1.82) is 0 Å². The quantitative estimate of drug-likeness (QED) is 0.343. The molecule has 0 aliphatic heterocycles. The molecule has 1 atom stereocenters. The zero-order chi connectivity index (χ0) is 19.4. The van der Waals surface area contributed by atoms with Gasteiger partial charge in [-0.05, 0) is 37.3 Å². The van der Waals surface area contributed by atoms with E-state index in [1.165, 1.54) is 37.3 Å². The summed E-state index contributed by atoms with van der Waals surface area (Å²) < 4.78 is 5.03. The summed E-state index contributed by atoms with van der Waals surface area (Å²) in [6.07, 6.45) is -1.18. The second-order valence-electron chi connectivity index (χ2n) is 5.19. The van der Waals surface area contributed by atoms with Crippen molar-refractivity contribution in [2.45, 2.75) is 13.0 Å². The molecule has 8 nitrogen and oxygen atoms in total. The summed E-state index contributed by atoms with van der Waals surface area (Å²) in [5, 5.41) is 14.0. The van der Waals surface area contributed by atoms with Gasteiger partial charge in [-0.3, -0.25) is 14.9 Å². The predicted molar refractivity (Wildman–Crippen MR) is 97.5 cm³/mol. The molecule has 2 rings (SSSR count). The summed E-state index contributed by atoms with van der Waals surface area (Å²) in [6, 6.07) is 7.95. The number of nitrogens with two attached hydrogens (primary N) is 1. The summed E-state index contributed by atoms with van der Waals surface area (Å²) >= 11 is 11.7. The molecule has 1 amide bonds. The van der Waals surface area contributed by atoms with E-state index in [9.17, 15) is 19.7 Å². The normalized spacial score (nSPS) is 11.5. The lowest BCUT2D eigenvalue weighted by molar-refractivity contribution is -0.383. The molecule has 136 valence electrons. The summed E-state index contributed by atoms with van der Waals surface area (Å²) in [6.45, 7) is 1.35. The average Bonchev–Trinajstić information content (AvgIpc) is 2.57. The Kier molecular flexibility index (Phi) is 6.01. The molecule has 0 radical (unpaired) electrons. The van der Waals surface area contributed by atoms with Gasteiger partial charge in [0, 0.05) is 11.1 Å². The molecule has 2 aromatic carbocycles. The minimum absolute atomic E-state index is 0.0882. The van der Waals surface area contributed by atoms with Gasteiger partial charge in [0.15, 0.2) is 6.10 Å². The number of hydrogen-bond donors (Lipinski definition) is 2. The van der Waals surface area contributed by atoms with Crippen LogP contribution >= 0.6 is 23.2 Å². The molecule has 1 unspecified atom stereocenters. The van der Waals surface area contributed by atoms with Crippen LogP contribution < -0.4 is 11.1 Å². The number of anilines is 2. The lowest BCUT2D eigenvalue weighted by Crippen LogP contribution is -2.30. The molecule has 0 spiro atoms. The van der Waals surface area contributed by atoms with Gasteiger partial charge < -0.3 is 15.8 Å². The number of esters is 1. The van der Waals surface area contributed by atoms with Crippen LogP contribution in [0.5, 0.6) is 0 Å². The average molecular weight is 398 g/mol. The summed E-state index contributed by atoms with van der Waals surface area (Å²) in [4.78, 5) is 34.4. The van der Waals surface area contributed by atoms with E-state index in [0.29, 0.717) is 10.7 Å². The number of nitro benzene ring substituents is 1. The number of carbonyl (C=O) groups is 2. The van der Waals surface area contributed by atoms with Gasteiger partial charge in [-0.25, -0.2) is 4.79 Å². The van der Waals surface area contributed by atoms with Gasteiger partial charge in [0.1, 0.15) is 5.69 Å². The largest absolute Gasteiger partial charge is 0.449 e. The Hall–Kier alpha value is -2.84. The summed E-state index contributed by atoms with van der Waals surface area (Å²) in [5.74, 6) is -1.54. The van der Waals surface area contributed by atoms with Gasteiger partial charge in [-0.15, -0.1) is 0 Å². The maximum absolute atomic E-state index is 12.1. The standard InChI is InChI=1S/C16H13Cl2N3O5/c1-8(15(22)20-13-5-3-10(17)7-11(13)18)26-16(23)9-2-4-12(19)14(6-9)21(24)25/h2-8H,19H2,1H3,(H,20,22). The van der Waals surface area contributed by atoms with Crippen LogP contribution in [0.25, 0.3) is 0 Å². The maximum Gasteiger partial charge on any atom is 0.339 e. The van der Waals surface area contributed by atoms with Gasteiger partial charge in [0.25, 0.3) is 11.6 Å². The number of nitrogen functional groups attached to an aromatic ring is 1. The van der Waals surface area contributed by atoms with Crippen molar-refractivity contribution in [1.82, 2.24) is 0 Å². The van der Waals surface area contributed by atoms with Crippen molar-refractivity contribution in [3.63, 3.8) is 0 Å². The number of rotatable bonds is 5. The molecule has 0 saturated heterocycles. The Morgan fingerprint density at radius 1 is 1.23 bits per heavy atom. The van der Waals surface area contributed by atoms with Gasteiger partial charge in [0.2, 0.25) is 0 Å². The van der Waals surface area contributed by atoms with Crippen LogP contribution in [0.1, 0.15) is 17.3 Å². The highest BCUT2D eigenvalue weighted by atomic mass is 35.5. The second-order valence-corrected chi connectivity index (χ2v) is 6.04. The first-order valence-corrected chi connectivity index (χ1v) is 7.95. The highest BCUT2D eigenvalue weighted by Crippen LogP contribution is 2.26. The summed E-state index contributed by atoms with van der Waals surface area (Å²) in [5.41, 5.74) is 5.15. The molecule has 0 heterocycles. The Labute approximate surface area is 158 Å². The first-order chi connectivity index (χ1) is 12.2. The van der Waals surface area contributed by atoms with Crippen LogP contribution in [-0.4, -0.2) is 22.9 Å². The molecule has 26 heavy (non-hydrogen) atoms. The highest BCUT2D eigenvalue weighted by molar-refractivity contribution is 6.36. The first kappa shape index (κ1) is 19.5. The third kappa shape index (κ3) is 4.62. The van der Waals surface area contributed by atoms with Crippen LogP contribution in [-0.2, 0) is 9.53 Å². The van der Waals surface area contributed by atoms with Crippen LogP contribution in [0.15, 0.2) is 36.4 Å². The Balaban J connectivity index is 2.07. The SMILES string of the molecule is CC(OC(=O)c1ccc(N)c([N+](=O)[O-])c1)C(=O)Nc1ccc(Cl)cc1Cl. The molecule has 0 aliphatic carbocycles. The van der Waals surface area contributed by atoms with Crippen LogP contribution in [0.4, 0.5) is 17.1 Å². The number of benzene rings is 2. The van der Waals surface area contributed by atoms with E-state index in [4.69, 9.17) is 33.7 Å². The summed E-state index contributed by atoms with van der Waals surface area (Å²) in [7, 11) is 0. The zero-order valence-electron chi connectivity index (χ0n) is 13.4. The molecule has 0 bridgehead atoms. The lowest BCUT2D eigenvalue weighted by atomic mass is 10.2. The van der Waals surface area contributed by atoms with Crippen molar-refractivity contribution < 1.29 is 19.2 Å². The predicted octanol–water partition coefficient (Wildman–Crippen LogP) is 3.67. The van der Waals surface area contributed by atoms with Gasteiger partial charge in [-0.2, -0.15) is 0 Å². The number of nitrogens with zero attached hydrogens (tertiary/aromatic N) is 1. The van der Waals surface area contributed by atoms with Crippen molar-refractivity contribution in [3.8, 4) is 0 Å². The minimum atomic E-state index is -1.18. The Bertz CT molecular complexity index is 888. The van der Waals surface area contributed by atoms with Crippen LogP contribution in [0.3, 0.4) is 0 Å². The van der Waals surface area contributed by atoms with E-state index in [0.717, 1.165) is 6.07 Å². The third-order valence-electron chi connectivity index (χ3n) is 3.30. The van der Waals surface area contributed by atoms with E-state index >= 15 is 0 Å². The highest BCUT2D eigenvalue weighted by Gasteiger charge is 2.22. The molecule has 0 fully saturated rings. The fourth-order valence-corrected chi connectivity index (χ4v) is 2.39. The lowest BCUT2D eigenvalue weighted by Gasteiger charge is -2.14. The van der Waals surface area contributed by atoms with E-state index in [1.807, 2.05) is 0 Å². The van der Waals surface area contributed by atoms with Crippen molar-refractivity contribution in [2.24, 2.45) is 0 Å². The fraction of sp³-hybridized carbons (Fsp3) is 0.125. The fourth-order valence-electron chi connectivity index (χ4n) is 1.94. The van der Waals surface area contributed by atoms with Crippen molar-refractivity contribution in [3.05, 3.63) is 62.1 Å². The first-order valence-electron chi connectivity index (χ1n) is 7.20. The molecular formula is C16H13Cl2N3O5. The molecular weight excluding hydrogens is 385 g/mol. The van der Waals surface area contributed by atoms with E-state index in [2.05, 4.69) is 5.32 Å². The van der Waals surface area contributed by atoms with Gasteiger partial charge >= 0.3 is 5.97 Å². The zero-order valence-corrected chi connectivity index (χ0v) is 14.9. The Morgan fingerprint density at radius 2 is 1.92 bits per heavy atom. The van der Waals surface area contributed by atoms with Crippen molar-refractivity contribution in [2.75, 3.05) is 11.1 Å². The van der Waals surface area contributed by atoms with Crippen LogP contribution in [0.2, 0.25) is 10.0 Å². The monoisotopic (exact) mass is 397 g/mol. The number of nitro groups is 1. The number of ether oxygens (including phenoxy) is 1. The molecule has 0 aromatic heterocycles. The number of amides is 1. The van der Waals surface area contributed by atoms with Gasteiger partial charge in [0.05, 0.1) is 21.2 Å².